The molecule has 1 N–H and O–H groups in total. The van der Waals surface area contributed by atoms with Crippen LogP contribution in [0.1, 0.15) is 21.7 Å². The predicted molar refractivity (Wildman–Crippen MR) is 106 cm³/mol. The number of benzene rings is 2. The molecule has 0 saturated heterocycles. The van der Waals surface area contributed by atoms with Gasteiger partial charge in [-0.3, -0.25) is 4.79 Å². The molecule has 5 heteroatoms. The second kappa shape index (κ2) is 7.25. The highest BCUT2D eigenvalue weighted by Gasteiger charge is 2.13. The number of pyridine rings is 1. The van der Waals surface area contributed by atoms with E-state index in [-0.39, 0.29) is 5.91 Å². The highest BCUT2D eigenvalue weighted by Crippen LogP contribution is 2.25. The fourth-order valence-electron chi connectivity index (χ4n) is 2.81. The Labute approximate surface area is 156 Å². The second-order valence-electron chi connectivity index (χ2n) is 6.15. The van der Waals surface area contributed by atoms with Crippen molar-refractivity contribution in [3.05, 3.63) is 89.9 Å². The summed E-state index contributed by atoms with van der Waals surface area (Å²) >= 11 is 0. The lowest BCUT2D eigenvalue weighted by atomic mass is 10.0. The number of carbonyl (C=O) groups is 1. The van der Waals surface area contributed by atoms with E-state index in [1.54, 1.807) is 24.5 Å². The van der Waals surface area contributed by atoms with Crippen molar-refractivity contribution in [2.45, 2.75) is 6.92 Å². The van der Waals surface area contributed by atoms with Gasteiger partial charge < -0.3 is 4.42 Å². The van der Waals surface area contributed by atoms with E-state index in [1.165, 1.54) is 11.8 Å². The lowest BCUT2D eigenvalue weighted by molar-refractivity contribution is 0.0956. The maximum atomic E-state index is 12.7. The average Bonchev–Trinajstić information content (AvgIpc) is 3.21. The number of hydrazone groups is 1. The maximum absolute atomic E-state index is 12.7. The van der Waals surface area contributed by atoms with Crippen molar-refractivity contribution in [3.8, 4) is 11.3 Å². The van der Waals surface area contributed by atoms with Gasteiger partial charge in [-0.05, 0) is 31.2 Å². The van der Waals surface area contributed by atoms with Gasteiger partial charge in [0, 0.05) is 10.9 Å². The van der Waals surface area contributed by atoms with Gasteiger partial charge in [0.15, 0.2) is 0 Å². The number of rotatable bonds is 4. The van der Waals surface area contributed by atoms with Crippen LogP contribution in [-0.4, -0.2) is 17.1 Å². The molecular formula is C22H17N3O2. The Balaban J connectivity index is 1.71. The quantitative estimate of drug-likeness (QED) is 0.431. The summed E-state index contributed by atoms with van der Waals surface area (Å²) in [6, 6.07) is 20.9. The minimum Gasteiger partial charge on any atom is -0.463 e. The molecule has 0 aliphatic rings. The Bertz CT molecular complexity index is 1110. The number of furan rings is 1. The van der Waals surface area contributed by atoms with E-state index in [1.807, 2.05) is 55.5 Å². The Kier molecular flexibility index (Phi) is 4.49. The topological polar surface area (TPSA) is 67.5 Å². The molecule has 132 valence electrons. The van der Waals surface area contributed by atoms with Crippen LogP contribution in [0.2, 0.25) is 0 Å². The van der Waals surface area contributed by atoms with Crippen LogP contribution in [0.15, 0.2) is 82.5 Å². The molecule has 0 saturated carbocycles. The summed E-state index contributed by atoms with van der Waals surface area (Å²) in [6.45, 7) is 2.04. The van der Waals surface area contributed by atoms with Crippen molar-refractivity contribution >= 4 is 23.0 Å². The number of para-hydroxylation sites is 1. The highest BCUT2D eigenvalue weighted by molar-refractivity contribution is 6.07. The number of fused-ring (bicyclic) bond motifs is 1. The number of carbonyl (C=O) groups excluding carboxylic acids is 1. The van der Waals surface area contributed by atoms with Gasteiger partial charge >= 0.3 is 0 Å². The van der Waals surface area contributed by atoms with Gasteiger partial charge in [-0.25, -0.2) is 10.4 Å². The van der Waals surface area contributed by atoms with Gasteiger partial charge in [-0.15, -0.1) is 0 Å². The lowest BCUT2D eigenvalue weighted by Gasteiger charge is -2.09. The summed E-state index contributed by atoms with van der Waals surface area (Å²) in [4.78, 5) is 17.4. The van der Waals surface area contributed by atoms with Crippen molar-refractivity contribution in [2.75, 3.05) is 0 Å². The van der Waals surface area contributed by atoms with E-state index >= 15 is 0 Å². The standard InChI is InChI=1S/C22H17N3O2/c1-15-8-10-16(11-9-15)21-13-19(18-6-2-3-7-20(18)24-21)22(26)25-23-14-17-5-4-12-27-17/h2-14H,1H3,(H,25,26)/b23-14+. The normalized spacial score (nSPS) is 11.1. The molecule has 0 spiro atoms. The van der Waals surface area contributed by atoms with Crippen molar-refractivity contribution in [3.63, 3.8) is 0 Å². The van der Waals surface area contributed by atoms with Crippen molar-refractivity contribution in [1.82, 2.24) is 10.4 Å². The van der Waals surface area contributed by atoms with Crippen LogP contribution >= 0.6 is 0 Å². The second-order valence-corrected chi connectivity index (χ2v) is 6.15. The van der Waals surface area contributed by atoms with Crippen LogP contribution < -0.4 is 5.43 Å². The van der Waals surface area contributed by atoms with Gasteiger partial charge in [0.1, 0.15) is 5.76 Å². The maximum Gasteiger partial charge on any atom is 0.272 e. The predicted octanol–water partition coefficient (Wildman–Crippen LogP) is 4.57. The van der Waals surface area contributed by atoms with Crippen LogP contribution in [0.25, 0.3) is 22.2 Å². The first-order valence-corrected chi connectivity index (χ1v) is 8.54. The SMILES string of the molecule is Cc1ccc(-c2cc(C(=O)N/N=C/c3ccco3)c3ccccc3n2)cc1. The monoisotopic (exact) mass is 355 g/mol. The largest absolute Gasteiger partial charge is 0.463 e. The van der Waals surface area contributed by atoms with Gasteiger partial charge in [0.2, 0.25) is 0 Å². The highest BCUT2D eigenvalue weighted by atomic mass is 16.3. The number of aromatic nitrogens is 1. The zero-order valence-electron chi connectivity index (χ0n) is 14.7. The molecule has 0 radical (unpaired) electrons. The Morgan fingerprint density at radius 1 is 1.07 bits per heavy atom. The molecule has 2 heterocycles. The van der Waals surface area contributed by atoms with E-state index in [9.17, 15) is 4.79 Å². The first kappa shape index (κ1) is 16.7. The number of nitrogens with zero attached hydrogens (tertiary/aromatic N) is 2. The number of amides is 1. The summed E-state index contributed by atoms with van der Waals surface area (Å²) in [5, 5.41) is 4.75. The third kappa shape index (κ3) is 3.62. The van der Waals surface area contributed by atoms with E-state index in [2.05, 4.69) is 10.5 Å². The zero-order valence-corrected chi connectivity index (χ0v) is 14.7. The van der Waals surface area contributed by atoms with Gasteiger partial charge in [0.05, 0.1) is 29.3 Å². The van der Waals surface area contributed by atoms with E-state index in [4.69, 9.17) is 9.40 Å². The molecule has 2 aromatic carbocycles. The molecule has 0 aliphatic heterocycles. The summed E-state index contributed by atoms with van der Waals surface area (Å²) < 4.78 is 5.17. The first-order valence-electron chi connectivity index (χ1n) is 8.54. The van der Waals surface area contributed by atoms with Crippen LogP contribution in [0.3, 0.4) is 0 Å². The summed E-state index contributed by atoms with van der Waals surface area (Å²) in [5.41, 5.74) is 6.71. The lowest BCUT2D eigenvalue weighted by Crippen LogP contribution is -2.18. The zero-order chi connectivity index (χ0) is 18.6. The van der Waals surface area contributed by atoms with Crippen LogP contribution in [0, 0.1) is 6.92 Å². The molecule has 0 fully saturated rings. The molecule has 4 rings (SSSR count). The third-order valence-corrected chi connectivity index (χ3v) is 4.21. The van der Waals surface area contributed by atoms with Crippen LogP contribution in [-0.2, 0) is 0 Å². The number of hydrogen-bond acceptors (Lipinski definition) is 4. The van der Waals surface area contributed by atoms with Gasteiger partial charge in [0.25, 0.3) is 5.91 Å². The van der Waals surface area contributed by atoms with Crippen molar-refractivity contribution < 1.29 is 9.21 Å². The summed E-state index contributed by atoms with van der Waals surface area (Å²) in [7, 11) is 0. The summed E-state index contributed by atoms with van der Waals surface area (Å²) in [6.07, 6.45) is 3.01. The smallest absolute Gasteiger partial charge is 0.272 e. The van der Waals surface area contributed by atoms with Crippen molar-refractivity contribution in [1.29, 1.82) is 0 Å². The molecule has 27 heavy (non-hydrogen) atoms. The van der Waals surface area contributed by atoms with Crippen LogP contribution in [0.5, 0.6) is 0 Å². The van der Waals surface area contributed by atoms with Gasteiger partial charge in [-0.1, -0.05) is 48.0 Å². The molecule has 2 aromatic heterocycles. The fraction of sp³-hybridized carbons (Fsp3) is 0.0455. The molecule has 0 bridgehead atoms. The molecule has 5 nitrogen and oxygen atoms in total. The number of hydrogen-bond donors (Lipinski definition) is 1. The van der Waals surface area contributed by atoms with E-state index < -0.39 is 0 Å². The van der Waals surface area contributed by atoms with Crippen molar-refractivity contribution in [2.24, 2.45) is 5.10 Å². The number of nitrogens with one attached hydrogen (secondary N) is 1. The molecule has 0 aliphatic carbocycles. The first-order chi connectivity index (χ1) is 13.2. The van der Waals surface area contributed by atoms with E-state index in [0.717, 1.165) is 22.2 Å². The molecule has 0 unspecified atom stereocenters. The molecular weight excluding hydrogens is 338 g/mol. The molecule has 4 aromatic rings. The van der Waals surface area contributed by atoms with Gasteiger partial charge in [-0.2, -0.15) is 5.10 Å². The minimum atomic E-state index is -0.301. The fourth-order valence-corrected chi connectivity index (χ4v) is 2.81. The average molecular weight is 355 g/mol. The number of aryl methyl sites for hydroxylation is 1. The van der Waals surface area contributed by atoms with Crippen LogP contribution in [0.4, 0.5) is 0 Å². The minimum absolute atomic E-state index is 0.301. The molecule has 0 atom stereocenters. The Hall–Kier alpha value is -3.73. The van der Waals surface area contributed by atoms with E-state index in [0.29, 0.717) is 11.3 Å². The summed E-state index contributed by atoms with van der Waals surface area (Å²) in [5.74, 6) is 0.264. The molecule has 1 amide bonds. The Morgan fingerprint density at radius 3 is 2.67 bits per heavy atom. The third-order valence-electron chi connectivity index (χ3n) is 4.21. The Morgan fingerprint density at radius 2 is 1.89 bits per heavy atom.